The van der Waals surface area contributed by atoms with E-state index in [2.05, 4.69) is 20.9 Å². The molecule has 1 aromatic heterocycles. The lowest BCUT2D eigenvalue weighted by Crippen LogP contribution is -2.50. The molecule has 0 unspecified atom stereocenters. The highest BCUT2D eigenvalue weighted by Crippen LogP contribution is 2.05. The molecular weight excluding hydrogens is 324 g/mol. The van der Waals surface area contributed by atoms with Gasteiger partial charge in [-0.3, -0.25) is 9.59 Å². The van der Waals surface area contributed by atoms with Crippen LogP contribution in [-0.4, -0.2) is 42.1 Å². The molecule has 0 bridgehead atoms. The van der Waals surface area contributed by atoms with Crippen LogP contribution in [0.4, 0.5) is 10.6 Å². The molecule has 8 nitrogen and oxygen atoms in total. The van der Waals surface area contributed by atoms with Gasteiger partial charge in [0.15, 0.2) is 0 Å². The van der Waals surface area contributed by atoms with E-state index in [1.807, 2.05) is 26.8 Å². The van der Waals surface area contributed by atoms with Crippen LogP contribution < -0.4 is 16.0 Å². The third kappa shape index (κ3) is 7.65. The molecule has 1 rings (SSSR count). The number of aromatic nitrogens is 1. The molecule has 1 aromatic rings. The molecule has 0 fully saturated rings. The third-order valence-electron chi connectivity index (χ3n) is 3.31. The molecule has 3 amide bonds. The number of nitrogens with zero attached hydrogens (tertiary/aromatic N) is 1. The van der Waals surface area contributed by atoms with E-state index >= 15 is 0 Å². The second-order valence-corrected chi connectivity index (χ2v) is 5.84. The van der Waals surface area contributed by atoms with Crippen molar-refractivity contribution in [3.8, 4) is 0 Å². The van der Waals surface area contributed by atoms with Gasteiger partial charge in [-0.25, -0.2) is 9.78 Å². The number of carbonyl (C=O) groups is 3. The van der Waals surface area contributed by atoms with Crippen LogP contribution in [0.5, 0.6) is 0 Å². The summed E-state index contributed by atoms with van der Waals surface area (Å²) in [5.41, 5.74) is 0.802. The Morgan fingerprint density at radius 1 is 1.24 bits per heavy atom. The first-order chi connectivity index (χ1) is 11.8. The largest absolute Gasteiger partial charge is 0.450 e. The predicted molar refractivity (Wildman–Crippen MR) is 94.0 cm³/mol. The molecule has 0 spiro atoms. The number of amides is 3. The first kappa shape index (κ1) is 20.4. The number of anilines is 1. The molecule has 1 heterocycles. The van der Waals surface area contributed by atoms with Gasteiger partial charge in [0.2, 0.25) is 11.8 Å². The summed E-state index contributed by atoms with van der Waals surface area (Å²) in [6.45, 7) is 7.53. The zero-order valence-corrected chi connectivity index (χ0v) is 15.1. The van der Waals surface area contributed by atoms with Crippen molar-refractivity contribution in [2.75, 3.05) is 18.5 Å². The van der Waals surface area contributed by atoms with Crippen molar-refractivity contribution in [3.05, 3.63) is 23.9 Å². The quantitative estimate of drug-likeness (QED) is 0.660. The zero-order chi connectivity index (χ0) is 18.8. The van der Waals surface area contributed by atoms with E-state index in [4.69, 9.17) is 4.74 Å². The van der Waals surface area contributed by atoms with Crippen molar-refractivity contribution in [2.24, 2.45) is 5.92 Å². The third-order valence-corrected chi connectivity index (χ3v) is 3.31. The highest BCUT2D eigenvalue weighted by molar-refractivity contribution is 5.90. The minimum atomic E-state index is -0.722. The maximum absolute atomic E-state index is 12.2. The zero-order valence-electron chi connectivity index (χ0n) is 15.1. The predicted octanol–water partition coefficient (Wildman–Crippen LogP) is 1.61. The molecule has 0 aromatic carbocycles. The summed E-state index contributed by atoms with van der Waals surface area (Å²) in [6.07, 6.45) is -0.536. The first-order valence-corrected chi connectivity index (χ1v) is 8.28. The van der Waals surface area contributed by atoms with Gasteiger partial charge >= 0.3 is 6.09 Å². The highest BCUT2D eigenvalue weighted by atomic mass is 16.5. The van der Waals surface area contributed by atoms with Gasteiger partial charge in [-0.2, -0.15) is 0 Å². The summed E-state index contributed by atoms with van der Waals surface area (Å²) < 4.78 is 4.79. The second-order valence-electron chi connectivity index (χ2n) is 5.84. The van der Waals surface area contributed by atoms with E-state index in [9.17, 15) is 14.4 Å². The van der Waals surface area contributed by atoms with Gasteiger partial charge in [0.05, 0.1) is 6.61 Å². The highest BCUT2D eigenvalue weighted by Gasteiger charge is 2.24. The topological polar surface area (TPSA) is 109 Å². The van der Waals surface area contributed by atoms with E-state index in [1.54, 1.807) is 19.1 Å². The molecule has 0 saturated carbocycles. The Kier molecular flexibility index (Phi) is 8.38. The van der Waals surface area contributed by atoms with Crippen molar-refractivity contribution in [3.63, 3.8) is 0 Å². The Morgan fingerprint density at radius 2 is 1.96 bits per heavy atom. The lowest BCUT2D eigenvalue weighted by Gasteiger charge is -2.21. The fraction of sp³-hybridized carbons (Fsp3) is 0.529. The summed E-state index contributed by atoms with van der Waals surface area (Å²) in [4.78, 5) is 39.7. The van der Waals surface area contributed by atoms with Crippen molar-refractivity contribution >= 4 is 23.7 Å². The van der Waals surface area contributed by atoms with Gasteiger partial charge < -0.3 is 20.7 Å². The number of rotatable bonds is 8. The summed E-state index contributed by atoms with van der Waals surface area (Å²) in [7, 11) is 0. The van der Waals surface area contributed by atoms with Gasteiger partial charge in [-0.05, 0) is 31.9 Å². The number of hydrogen-bond acceptors (Lipinski definition) is 5. The second kappa shape index (κ2) is 10.3. The average Bonchev–Trinajstić information content (AvgIpc) is 2.52. The Morgan fingerprint density at radius 3 is 2.56 bits per heavy atom. The number of alkyl carbamates (subject to hydrolysis) is 1. The number of ether oxygens (including phenoxy) is 1. The van der Waals surface area contributed by atoms with Crippen LogP contribution in [0.3, 0.4) is 0 Å². The summed E-state index contributed by atoms with van der Waals surface area (Å²) >= 11 is 0. The number of nitrogens with one attached hydrogen (secondary N) is 3. The van der Waals surface area contributed by atoms with E-state index in [1.165, 1.54) is 0 Å². The molecule has 25 heavy (non-hydrogen) atoms. The molecule has 8 heteroatoms. The Labute approximate surface area is 147 Å². The maximum Gasteiger partial charge on any atom is 0.407 e. The Hall–Kier alpha value is -2.64. The molecule has 0 aliphatic carbocycles. The Balaban J connectivity index is 2.43. The van der Waals surface area contributed by atoms with Gasteiger partial charge in [0.25, 0.3) is 0 Å². The summed E-state index contributed by atoms with van der Waals surface area (Å²) in [5, 5.41) is 7.83. The normalized spacial score (nSPS) is 11.6. The van der Waals surface area contributed by atoms with Crippen molar-refractivity contribution in [2.45, 2.75) is 40.2 Å². The average molecular weight is 350 g/mol. The minimum absolute atomic E-state index is 0.103. The lowest BCUT2D eigenvalue weighted by molar-refractivity contribution is -0.124. The van der Waals surface area contributed by atoms with Crippen LogP contribution in [0.1, 0.15) is 32.9 Å². The van der Waals surface area contributed by atoms with Gasteiger partial charge in [-0.1, -0.05) is 19.9 Å². The lowest BCUT2D eigenvalue weighted by atomic mass is 10.0. The van der Waals surface area contributed by atoms with Gasteiger partial charge in [0, 0.05) is 18.7 Å². The fourth-order valence-corrected chi connectivity index (χ4v) is 2.06. The van der Waals surface area contributed by atoms with Crippen LogP contribution in [0.25, 0.3) is 0 Å². The van der Waals surface area contributed by atoms with Crippen LogP contribution in [0.15, 0.2) is 18.2 Å². The number of pyridine rings is 1. The molecule has 0 aliphatic heterocycles. The number of aryl methyl sites for hydroxylation is 1. The van der Waals surface area contributed by atoms with E-state index in [0.29, 0.717) is 5.82 Å². The standard InChI is InChI=1S/C17H26N4O4/c1-5-25-17(24)21-15(11(2)3)16(23)18-10-9-14(22)20-13-8-6-7-12(4)19-13/h6-8,11,15H,5,9-10H2,1-4H3,(H,18,23)(H,21,24)(H,19,20,22)/t15-/m1/s1. The van der Waals surface area contributed by atoms with Crippen LogP contribution in [0.2, 0.25) is 0 Å². The first-order valence-electron chi connectivity index (χ1n) is 8.28. The molecule has 1 atom stereocenters. The van der Waals surface area contributed by atoms with Crippen molar-refractivity contribution in [1.29, 1.82) is 0 Å². The maximum atomic E-state index is 12.2. The molecular formula is C17H26N4O4. The smallest absolute Gasteiger partial charge is 0.407 e. The van der Waals surface area contributed by atoms with Crippen molar-refractivity contribution in [1.82, 2.24) is 15.6 Å². The van der Waals surface area contributed by atoms with Crippen LogP contribution in [-0.2, 0) is 14.3 Å². The van der Waals surface area contributed by atoms with Crippen LogP contribution >= 0.6 is 0 Å². The molecule has 3 N–H and O–H groups in total. The van der Waals surface area contributed by atoms with E-state index < -0.39 is 12.1 Å². The fourth-order valence-electron chi connectivity index (χ4n) is 2.06. The van der Waals surface area contributed by atoms with Crippen molar-refractivity contribution < 1.29 is 19.1 Å². The minimum Gasteiger partial charge on any atom is -0.450 e. The molecule has 0 aliphatic rings. The van der Waals surface area contributed by atoms with E-state index in [-0.39, 0.29) is 37.3 Å². The van der Waals surface area contributed by atoms with Gasteiger partial charge in [0.1, 0.15) is 11.9 Å². The molecule has 138 valence electrons. The summed E-state index contributed by atoms with van der Waals surface area (Å²) in [6, 6.07) is 4.61. The monoisotopic (exact) mass is 350 g/mol. The molecule has 0 saturated heterocycles. The number of hydrogen-bond donors (Lipinski definition) is 3. The number of carbonyl (C=O) groups excluding carboxylic acids is 3. The van der Waals surface area contributed by atoms with Crippen LogP contribution in [0, 0.1) is 12.8 Å². The van der Waals surface area contributed by atoms with E-state index in [0.717, 1.165) is 5.69 Å². The summed E-state index contributed by atoms with van der Waals surface area (Å²) in [5.74, 6) is -0.252. The molecule has 0 radical (unpaired) electrons. The Bertz CT molecular complexity index is 604. The SMILES string of the molecule is CCOC(=O)N[C@@H](C(=O)NCCC(=O)Nc1cccc(C)n1)C(C)C. The van der Waals surface area contributed by atoms with Gasteiger partial charge in [-0.15, -0.1) is 0 Å².